The summed E-state index contributed by atoms with van der Waals surface area (Å²) in [5.74, 6) is 0.556. The van der Waals surface area contributed by atoms with Gasteiger partial charge in [0.2, 0.25) is 5.91 Å². The molecular formula is C20H24N2O4. The molecule has 0 aliphatic heterocycles. The average molecular weight is 356 g/mol. The first-order valence-electron chi connectivity index (χ1n) is 8.52. The Hall–Kier alpha value is -3.02. The van der Waals surface area contributed by atoms with E-state index in [4.69, 9.17) is 9.47 Å². The van der Waals surface area contributed by atoms with Gasteiger partial charge in [-0.15, -0.1) is 0 Å². The Balaban J connectivity index is 1.79. The maximum atomic E-state index is 12.1. The molecule has 6 nitrogen and oxygen atoms in total. The van der Waals surface area contributed by atoms with Crippen LogP contribution >= 0.6 is 0 Å². The lowest BCUT2D eigenvalue weighted by atomic mass is 10.1. The Morgan fingerprint density at radius 1 is 1.00 bits per heavy atom. The topological polar surface area (TPSA) is 76.7 Å². The number of amides is 2. The summed E-state index contributed by atoms with van der Waals surface area (Å²) >= 11 is 0. The van der Waals surface area contributed by atoms with E-state index < -0.39 is 12.0 Å². The first kappa shape index (κ1) is 19.3. The summed E-state index contributed by atoms with van der Waals surface area (Å²) in [7, 11) is 0. The lowest BCUT2D eigenvalue weighted by molar-refractivity contribution is -0.132. The highest BCUT2D eigenvalue weighted by atomic mass is 16.5. The van der Waals surface area contributed by atoms with Crippen molar-refractivity contribution in [2.75, 3.05) is 6.61 Å². The summed E-state index contributed by atoms with van der Waals surface area (Å²) in [6.45, 7) is 6.04. The summed E-state index contributed by atoms with van der Waals surface area (Å²) in [4.78, 5) is 24.0. The minimum Gasteiger partial charge on any atom is -0.494 e. The van der Waals surface area contributed by atoms with Crippen molar-refractivity contribution >= 4 is 11.8 Å². The standard InChI is InChI=1S/C20H24N2O4/c1-4-25-17-9-11-18(12-10-17)26-15(3)20(24)22-21-19(23)13-16-8-6-5-7-14(16)2/h5-12,15H,4,13H2,1-3H3,(H,21,23)(H,22,24). The second-order valence-electron chi connectivity index (χ2n) is 5.81. The number of carbonyl (C=O) groups is 2. The first-order chi connectivity index (χ1) is 12.5. The minimum absolute atomic E-state index is 0.196. The molecule has 2 rings (SSSR count). The van der Waals surface area contributed by atoms with Gasteiger partial charge in [-0.1, -0.05) is 24.3 Å². The van der Waals surface area contributed by atoms with Crippen LogP contribution in [0.3, 0.4) is 0 Å². The van der Waals surface area contributed by atoms with E-state index in [1.165, 1.54) is 0 Å². The lowest BCUT2D eigenvalue weighted by Crippen LogP contribution is -2.47. The zero-order valence-corrected chi connectivity index (χ0v) is 15.2. The molecule has 0 saturated carbocycles. The molecule has 2 aromatic rings. The first-order valence-corrected chi connectivity index (χ1v) is 8.52. The fraction of sp³-hybridized carbons (Fsp3) is 0.300. The van der Waals surface area contributed by atoms with Gasteiger partial charge in [0.05, 0.1) is 13.0 Å². The van der Waals surface area contributed by atoms with Gasteiger partial charge in [-0.3, -0.25) is 20.4 Å². The molecule has 0 aliphatic rings. The van der Waals surface area contributed by atoms with Crippen molar-refractivity contribution < 1.29 is 19.1 Å². The molecule has 2 N–H and O–H groups in total. The van der Waals surface area contributed by atoms with E-state index in [1.807, 2.05) is 38.1 Å². The molecule has 26 heavy (non-hydrogen) atoms. The quantitative estimate of drug-likeness (QED) is 0.748. The molecule has 0 aromatic heterocycles. The zero-order chi connectivity index (χ0) is 18.9. The molecule has 2 amide bonds. The molecule has 1 atom stereocenters. The SMILES string of the molecule is CCOc1ccc(OC(C)C(=O)NNC(=O)Cc2ccccc2C)cc1. The fourth-order valence-corrected chi connectivity index (χ4v) is 2.30. The minimum atomic E-state index is -0.758. The predicted octanol–water partition coefficient (Wildman–Crippen LogP) is 2.55. The molecule has 6 heteroatoms. The van der Waals surface area contributed by atoms with Gasteiger partial charge in [-0.05, 0) is 56.2 Å². The second-order valence-corrected chi connectivity index (χ2v) is 5.81. The largest absolute Gasteiger partial charge is 0.494 e. The Morgan fingerprint density at radius 3 is 2.31 bits per heavy atom. The third-order valence-electron chi connectivity index (χ3n) is 3.75. The number of hydrogen-bond donors (Lipinski definition) is 2. The molecule has 1 unspecified atom stereocenters. The highest BCUT2D eigenvalue weighted by molar-refractivity contribution is 5.85. The Labute approximate surface area is 153 Å². The summed E-state index contributed by atoms with van der Waals surface area (Å²) < 4.78 is 10.9. The molecule has 0 aliphatic carbocycles. The molecule has 0 bridgehead atoms. The average Bonchev–Trinajstić information content (AvgIpc) is 2.63. The third kappa shape index (κ3) is 5.81. The summed E-state index contributed by atoms with van der Waals surface area (Å²) in [6, 6.07) is 14.6. The van der Waals surface area contributed by atoms with Crippen LogP contribution in [0.15, 0.2) is 48.5 Å². The number of benzene rings is 2. The third-order valence-corrected chi connectivity index (χ3v) is 3.75. The van der Waals surface area contributed by atoms with Crippen molar-refractivity contribution in [1.82, 2.24) is 10.9 Å². The van der Waals surface area contributed by atoms with Gasteiger partial charge in [0.15, 0.2) is 6.10 Å². The van der Waals surface area contributed by atoms with Gasteiger partial charge in [0.1, 0.15) is 11.5 Å². The lowest BCUT2D eigenvalue weighted by Gasteiger charge is -2.15. The number of carbonyl (C=O) groups excluding carboxylic acids is 2. The van der Waals surface area contributed by atoms with Crippen LogP contribution in [-0.2, 0) is 16.0 Å². The summed E-state index contributed by atoms with van der Waals surface area (Å²) in [6.07, 6.45) is -0.562. The zero-order valence-electron chi connectivity index (χ0n) is 15.2. The number of aryl methyl sites for hydroxylation is 1. The Bertz CT molecular complexity index is 744. The maximum Gasteiger partial charge on any atom is 0.279 e. The fourth-order valence-electron chi connectivity index (χ4n) is 2.30. The molecule has 0 saturated heterocycles. The van der Waals surface area contributed by atoms with E-state index >= 15 is 0 Å². The van der Waals surface area contributed by atoms with E-state index in [-0.39, 0.29) is 12.3 Å². The van der Waals surface area contributed by atoms with Crippen LogP contribution in [0, 0.1) is 6.92 Å². The molecular weight excluding hydrogens is 332 g/mol. The van der Waals surface area contributed by atoms with E-state index in [0.717, 1.165) is 16.9 Å². The molecule has 0 heterocycles. The van der Waals surface area contributed by atoms with Gasteiger partial charge in [0.25, 0.3) is 5.91 Å². The van der Waals surface area contributed by atoms with Crippen LogP contribution in [-0.4, -0.2) is 24.5 Å². The van der Waals surface area contributed by atoms with Crippen molar-refractivity contribution in [1.29, 1.82) is 0 Å². The van der Waals surface area contributed by atoms with Crippen LogP contribution in [0.1, 0.15) is 25.0 Å². The van der Waals surface area contributed by atoms with Gasteiger partial charge >= 0.3 is 0 Å². The molecule has 0 spiro atoms. The van der Waals surface area contributed by atoms with Crippen LogP contribution in [0.25, 0.3) is 0 Å². The van der Waals surface area contributed by atoms with Crippen molar-refractivity contribution in [3.63, 3.8) is 0 Å². The van der Waals surface area contributed by atoms with Gasteiger partial charge in [-0.25, -0.2) is 0 Å². The second kappa shape index (κ2) is 9.46. The van der Waals surface area contributed by atoms with Crippen LogP contribution in [0.5, 0.6) is 11.5 Å². The van der Waals surface area contributed by atoms with E-state index in [2.05, 4.69) is 10.9 Å². The summed E-state index contributed by atoms with van der Waals surface area (Å²) in [5.41, 5.74) is 6.74. The smallest absolute Gasteiger partial charge is 0.279 e. The van der Waals surface area contributed by atoms with Gasteiger partial charge in [0, 0.05) is 0 Å². The van der Waals surface area contributed by atoms with Gasteiger partial charge in [-0.2, -0.15) is 0 Å². The number of hydrogen-bond acceptors (Lipinski definition) is 4. The Morgan fingerprint density at radius 2 is 1.65 bits per heavy atom. The highest BCUT2D eigenvalue weighted by Crippen LogP contribution is 2.18. The normalized spacial score (nSPS) is 11.3. The number of ether oxygens (including phenoxy) is 2. The number of hydrazine groups is 1. The Kier molecular flexibility index (Phi) is 7.02. The van der Waals surface area contributed by atoms with Crippen molar-refractivity contribution in [3.8, 4) is 11.5 Å². The van der Waals surface area contributed by atoms with Crippen LogP contribution in [0.2, 0.25) is 0 Å². The van der Waals surface area contributed by atoms with Crippen LogP contribution in [0.4, 0.5) is 0 Å². The molecule has 2 aromatic carbocycles. The highest BCUT2D eigenvalue weighted by Gasteiger charge is 2.15. The van der Waals surface area contributed by atoms with E-state index in [1.54, 1.807) is 31.2 Å². The predicted molar refractivity (Wildman–Crippen MR) is 98.9 cm³/mol. The monoisotopic (exact) mass is 356 g/mol. The number of nitrogens with one attached hydrogen (secondary N) is 2. The van der Waals surface area contributed by atoms with E-state index in [9.17, 15) is 9.59 Å². The van der Waals surface area contributed by atoms with Crippen molar-refractivity contribution in [2.24, 2.45) is 0 Å². The van der Waals surface area contributed by atoms with Crippen molar-refractivity contribution in [3.05, 3.63) is 59.7 Å². The molecule has 0 fully saturated rings. The number of rotatable bonds is 7. The summed E-state index contributed by atoms with van der Waals surface area (Å²) in [5, 5.41) is 0. The molecule has 0 radical (unpaired) electrons. The van der Waals surface area contributed by atoms with Crippen LogP contribution < -0.4 is 20.3 Å². The van der Waals surface area contributed by atoms with Gasteiger partial charge < -0.3 is 9.47 Å². The van der Waals surface area contributed by atoms with E-state index in [0.29, 0.717) is 12.4 Å². The molecule has 138 valence electrons. The van der Waals surface area contributed by atoms with Crippen molar-refractivity contribution in [2.45, 2.75) is 33.3 Å². The maximum absolute atomic E-state index is 12.1.